The molecule has 8 heteroatoms. The first-order chi connectivity index (χ1) is 16.2. The summed E-state index contributed by atoms with van der Waals surface area (Å²) in [6, 6.07) is 18.4. The molecule has 1 N–H and O–H groups in total. The Kier molecular flexibility index (Phi) is 6.57. The number of thiocarbonyl (C=S) groups is 1. The molecule has 1 aromatic carbocycles. The number of morpholine rings is 1. The fourth-order valence-electron chi connectivity index (χ4n) is 4.67. The van der Waals surface area contributed by atoms with Crippen molar-refractivity contribution in [3.63, 3.8) is 0 Å². The highest BCUT2D eigenvalue weighted by Crippen LogP contribution is 2.39. The van der Waals surface area contributed by atoms with E-state index in [0.717, 1.165) is 67.3 Å². The first kappa shape index (κ1) is 21.9. The van der Waals surface area contributed by atoms with E-state index in [-0.39, 0.29) is 12.1 Å². The van der Waals surface area contributed by atoms with Gasteiger partial charge < -0.3 is 24.3 Å². The molecule has 3 aromatic rings. The number of hydrogen-bond donors (Lipinski definition) is 1. The summed E-state index contributed by atoms with van der Waals surface area (Å²) in [5.74, 6) is 0.831. The second-order valence-electron chi connectivity index (χ2n) is 8.28. The Hall–Kier alpha value is -2.94. The molecule has 2 fully saturated rings. The molecule has 4 heterocycles. The molecule has 2 aromatic heterocycles. The van der Waals surface area contributed by atoms with Gasteiger partial charge in [0.2, 0.25) is 0 Å². The lowest BCUT2D eigenvalue weighted by Crippen LogP contribution is -2.42. The molecule has 0 saturated carbocycles. The number of benzene rings is 1. The van der Waals surface area contributed by atoms with E-state index in [9.17, 15) is 0 Å². The van der Waals surface area contributed by atoms with Crippen molar-refractivity contribution >= 4 is 17.3 Å². The molecule has 0 bridgehead atoms. The van der Waals surface area contributed by atoms with Crippen LogP contribution < -0.4 is 10.1 Å². The monoisotopic (exact) mass is 463 g/mol. The van der Waals surface area contributed by atoms with Crippen LogP contribution in [0.25, 0.3) is 5.69 Å². The third kappa shape index (κ3) is 4.59. The van der Waals surface area contributed by atoms with Gasteiger partial charge in [0, 0.05) is 56.0 Å². The van der Waals surface area contributed by atoms with E-state index in [1.807, 2.05) is 30.5 Å². The summed E-state index contributed by atoms with van der Waals surface area (Å²) in [5.41, 5.74) is 3.20. The fourth-order valence-corrected chi connectivity index (χ4v) is 5.00. The maximum Gasteiger partial charge on any atom is 0.170 e. The molecule has 5 rings (SSSR count). The van der Waals surface area contributed by atoms with Gasteiger partial charge in [0.05, 0.1) is 38.1 Å². The summed E-state index contributed by atoms with van der Waals surface area (Å²) in [7, 11) is 1.69. The molecular formula is C25H29N5O2S. The predicted octanol–water partition coefficient (Wildman–Crippen LogP) is 3.19. The number of pyridine rings is 1. The summed E-state index contributed by atoms with van der Waals surface area (Å²) in [5, 5.41) is 4.33. The van der Waals surface area contributed by atoms with Gasteiger partial charge in [0.25, 0.3) is 0 Å². The highest BCUT2D eigenvalue weighted by molar-refractivity contribution is 7.80. The van der Waals surface area contributed by atoms with Crippen LogP contribution in [-0.2, 0) is 4.74 Å². The van der Waals surface area contributed by atoms with Crippen LogP contribution in [0.15, 0.2) is 67.0 Å². The van der Waals surface area contributed by atoms with Crippen molar-refractivity contribution in [2.45, 2.75) is 12.1 Å². The van der Waals surface area contributed by atoms with Crippen molar-refractivity contribution in [2.24, 2.45) is 0 Å². The molecule has 2 atom stereocenters. The van der Waals surface area contributed by atoms with Crippen molar-refractivity contribution in [1.29, 1.82) is 0 Å². The Bertz CT molecular complexity index is 1080. The number of hydrogen-bond acceptors (Lipinski definition) is 5. The van der Waals surface area contributed by atoms with E-state index in [1.54, 1.807) is 7.11 Å². The van der Waals surface area contributed by atoms with Crippen LogP contribution in [0, 0.1) is 0 Å². The number of aromatic nitrogens is 2. The Morgan fingerprint density at radius 1 is 1.09 bits per heavy atom. The smallest absolute Gasteiger partial charge is 0.170 e. The van der Waals surface area contributed by atoms with E-state index < -0.39 is 0 Å². The average molecular weight is 464 g/mol. The van der Waals surface area contributed by atoms with Gasteiger partial charge in [-0.25, -0.2) is 0 Å². The van der Waals surface area contributed by atoms with Crippen LogP contribution in [0.3, 0.4) is 0 Å². The largest absolute Gasteiger partial charge is 0.497 e. The topological polar surface area (TPSA) is 54.8 Å². The van der Waals surface area contributed by atoms with Crippen LogP contribution in [0.2, 0.25) is 0 Å². The number of rotatable bonds is 7. The van der Waals surface area contributed by atoms with E-state index in [1.165, 1.54) is 0 Å². The Balaban J connectivity index is 1.50. The highest BCUT2D eigenvalue weighted by atomic mass is 32.1. The molecule has 2 unspecified atom stereocenters. The second-order valence-corrected chi connectivity index (χ2v) is 8.67. The Morgan fingerprint density at radius 3 is 2.76 bits per heavy atom. The average Bonchev–Trinajstić information content (AvgIpc) is 3.48. The van der Waals surface area contributed by atoms with Gasteiger partial charge in [-0.3, -0.25) is 9.88 Å². The van der Waals surface area contributed by atoms with Gasteiger partial charge in [-0.2, -0.15) is 0 Å². The van der Waals surface area contributed by atoms with E-state index in [0.29, 0.717) is 0 Å². The molecule has 2 saturated heterocycles. The van der Waals surface area contributed by atoms with Crippen LogP contribution in [0.4, 0.5) is 0 Å². The quantitative estimate of drug-likeness (QED) is 0.540. The zero-order chi connectivity index (χ0) is 22.6. The number of nitrogens with one attached hydrogen (secondary N) is 1. The summed E-state index contributed by atoms with van der Waals surface area (Å²) >= 11 is 5.85. The maximum atomic E-state index is 5.85. The molecule has 7 nitrogen and oxygen atoms in total. The zero-order valence-corrected chi connectivity index (χ0v) is 19.6. The van der Waals surface area contributed by atoms with Gasteiger partial charge in [-0.1, -0.05) is 12.1 Å². The summed E-state index contributed by atoms with van der Waals surface area (Å²) < 4.78 is 13.2. The molecule has 2 aliphatic rings. The molecule has 2 aliphatic heterocycles. The Labute approximate surface area is 199 Å². The highest BCUT2D eigenvalue weighted by Gasteiger charge is 2.41. The third-order valence-corrected chi connectivity index (χ3v) is 6.73. The van der Waals surface area contributed by atoms with Crippen molar-refractivity contribution in [2.75, 3.05) is 46.5 Å². The molecular weight excluding hydrogens is 434 g/mol. The molecule has 0 radical (unpaired) electrons. The fraction of sp³-hybridized carbons (Fsp3) is 0.360. The van der Waals surface area contributed by atoms with Crippen LogP contribution in [0.5, 0.6) is 5.75 Å². The van der Waals surface area contributed by atoms with Crippen LogP contribution >= 0.6 is 12.2 Å². The maximum absolute atomic E-state index is 5.85. The standard InChI is InChI=1S/C25H29N5O2S/c1-31-20-7-4-6-19(18-20)29-11-5-9-22(29)24-23(21-8-2-3-10-26-21)27-25(33)30(24)13-12-28-14-16-32-17-15-28/h2-11,18,23-24H,12-17H2,1H3,(H,27,33). The lowest BCUT2D eigenvalue weighted by Gasteiger charge is -2.32. The first-order valence-electron chi connectivity index (χ1n) is 11.3. The lowest BCUT2D eigenvalue weighted by atomic mass is 10.0. The van der Waals surface area contributed by atoms with Gasteiger partial charge in [0.1, 0.15) is 5.75 Å². The SMILES string of the molecule is COc1cccc(-n2cccc2C2C(c3ccccn3)NC(=S)N2CCN2CCOCC2)c1. The van der Waals surface area contributed by atoms with Crippen molar-refractivity contribution in [1.82, 2.24) is 24.7 Å². The molecule has 172 valence electrons. The minimum Gasteiger partial charge on any atom is -0.497 e. The second kappa shape index (κ2) is 9.91. The summed E-state index contributed by atoms with van der Waals surface area (Å²) in [4.78, 5) is 9.42. The van der Waals surface area contributed by atoms with Crippen molar-refractivity contribution in [3.05, 3.63) is 78.4 Å². The number of methoxy groups -OCH3 is 1. The molecule has 0 spiro atoms. The molecule has 0 aliphatic carbocycles. The lowest BCUT2D eigenvalue weighted by molar-refractivity contribution is 0.0349. The minimum atomic E-state index is -0.0392. The minimum absolute atomic E-state index is 0.00893. The van der Waals surface area contributed by atoms with Crippen molar-refractivity contribution < 1.29 is 9.47 Å². The number of nitrogens with zero attached hydrogens (tertiary/aromatic N) is 4. The van der Waals surface area contributed by atoms with Gasteiger partial charge >= 0.3 is 0 Å². The van der Waals surface area contributed by atoms with Crippen LogP contribution in [-0.4, -0.2) is 71.0 Å². The third-order valence-electron chi connectivity index (χ3n) is 6.37. The van der Waals surface area contributed by atoms with Gasteiger partial charge in [-0.15, -0.1) is 0 Å². The van der Waals surface area contributed by atoms with Crippen LogP contribution in [0.1, 0.15) is 23.5 Å². The van der Waals surface area contributed by atoms with E-state index in [4.69, 9.17) is 21.7 Å². The van der Waals surface area contributed by atoms with Gasteiger partial charge in [-0.05, 0) is 48.6 Å². The first-order valence-corrected chi connectivity index (χ1v) is 11.8. The van der Waals surface area contributed by atoms with Crippen molar-refractivity contribution in [3.8, 4) is 11.4 Å². The molecule has 0 amide bonds. The predicted molar refractivity (Wildman–Crippen MR) is 132 cm³/mol. The van der Waals surface area contributed by atoms with E-state index >= 15 is 0 Å². The summed E-state index contributed by atoms with van der Waals surface area (Å²) in [6.45, 7) is 5.29. The normalized spacial score (nSPS) is 21.2. The number of ether oxygens (including phenoxy) is 2. The summed E-state index contributed by atoms with van der Waals surface area (Å²) in [6.07, 6.45) is 3.94. The zero-order valence-electron chi connectivity index (χ0n) is 18.8. The van der Waals surface area contributed by atoms with E-state index in [2.05, 4.69) is 61.2 Å². The Morgan fingerprint density at radius 2 is 1.97 bits per heavy atom. The molecule has 33 heavy (non-hydrogen) atoms. The van der Waals surface area contributed by atoms with Gasteiger partial charge in [0.15, 0.2) is 5.11 Å².